The molecule has 0 radical (unpaired) electrons. The van der Waals surface area contributed by atoms with Crippen LogP contribution in [-0.4, -0.2) is 11.5 Å². The van der Waals surface area contributed by atoms with Crippen LogP contribution in [0.15, 0.2) is 39.6 Å². The molecule has 98 valence electrons. The summed E-state index contributed by atoms with van der Waals surface area (Å²) in [5, 5.41) is 6.05. The van der Waals surface area contributed by atoms with Crippen LogP contribution in [0.1, 0.15) is 24.4 Å². The number of aromatic nitrogens is 1. The number of thiazole rings is 1. The average Bonchev–Trinajstić information content (AvgIpc) is 3.05. The smallest absolute Gasteiger partial charge is 0.169 e. The van der Waals surface area contributed by atoms with Gasteiger partial charge in [0.2, 0.25) is 0 Å². The number of para-hydroxylation sites is 1. The molecule has 2 aromatic heterocycles. The fourth-order valence-corrected chi connectivity index (χ4v) is 2.69. The van der Waals surface area contributed by atoms with E-state index >= 15 is 0 Å². The van der Waals surface area contributed by atoms with Gasteiger partial charge in [-0.1, -0.05) is 19.1 Å². The third-order valence-corrected chi connectivity index (χ3v) is 3.56. The summed E-state index contributed by atoms with van der Waals surface area (Å²) in [6.07, 6.45) is 0. The van der Waals surface area contributed by atoms with Crippen LogP contribution in [-0.2, 0) is 0 Å². The van der Waals surface area contributed by atoms with E-state index in [1.165, 1.54) is 17.4 Å². The minimum Gasteiger partial charge on any atom is -0.456 e. The number of hydrogen-bond donors (Lipinski definition) is 1. The molecule has 0 aliphatic rings. The second-order valence-electron chi connectivity index (χ2n) is 4.21. The molecule has 0 aliphatic heterocycles. The molecule has 0 spiro atoms. The molecule has 1 atom stereocenters. The summed E-state index contributed by atoms with van der Waals surface area (Å²) in [6, 6.07) is 6.66. The van der Waals surface area contributed by atoms with Gasteiger partial charge in [0.05, 0.1) is 11.2 Å². The fourth-order valence-electron chi connectivity index (χ4n) is 2.11. The predicted octanol–water partition coefficient (Wildman–Crippen LogP) is 3.73. The highest BCUT2D eigenvalue weighted by atomic mass is 32.1. The molecule has 0 amide bonds. The number of furan rings is 1. The van der Waals surface area contributed by atoms with E-state index in [1.54, 1.807) is 11.6 Å². The first-order chi connectivity index (χ1) is 9.29. The summed E-state index contributed by atoms with van der Waals surface area (Å²) >= 11 is 1.53. The Hall–Kier alpha value is -1.72. The number of benzene rings is 1. The molecule has 3 rings (SSSR count). The van der Waals surface area contributed by atoms with Crippen LogP contribution in [0, 0.1) is 5.82 Å². The highest BCUT2D eigenvalue weighted by Gasteiger charge is 2.20. The van der Waals surface area contributed by atoms with Gasteiger partial charge in [-0.05, 0) is 18.7 Å². The van der Waals surface area contributed by atoms with E-state index in [9.17, 15) is 4.39 Å². The monoisotopic (exact) mass is 276 g/mol. The summed E-state index contributed by atoms with van der Waals surface area (Å²) in [6.45, 7) is 2.80. The number of halogens is 1. The lowest BCUT2D eigenvalue weighted by Crippen LogP contribution is -2.21. The van der Waals surface area contributed by atoms with Gasteiger partial charge in [-0.3, -0.25) is 0 Å². The molecular weight excluding hydrogens is 263 g/mol. The summed E-state index contributed by atoms with van der Waals surface area (Å²) in [7, 11) is 0. The van der Waals surface area contributed by atoms with E-state index in [1.807, 2.05) is 24.4 Å². The van der Waals surface area contributed by atoms with Crippen LogP contribution in [0.25, 0.3) is 11.0 Å². The summed E-state index contributed by atoms with van der Waals surface area (Å²) < 4.78 is 19.3. The van der Waals surface area contributed by atoms with E-state index in [4.69, 9.17) is 4.42 Å². The Labute approximate surface area is 114 Å². The lowest BCUT2D eigenvalue weighted by Gasteiger charge is -2.12. The van der Waals surface area contributed by atoms with Crippen molar-refractivity contribution in [3.05, 3.63) is 52.4 Å². The first-order valence-corrected chi connectivity index (χ1v) is 7.03. The molecular formula is C14H13FN2OS. The molecule has 3 aromatic rings. The van der Waals surface area contributed by atoms with E-state index in [0.717, 1.165) is 17.6 Å². The average molecular weight is 276 g/mol. The van der Waals surface area contributed by atoms with Crippen LogP contribution in [0.4, 0.5) is 4.39 Å². The van der Waals surface area contributed by atoms with Crippen molar-refractivity contribution in [2.24, 2.45) is 0 Å². The maximum absolute atomic E-state index is 13.7. The van der Waals surface area contributed by atoms with Gasteiger partial charge in [-0.2, -0.15) is 0 Å². The lowest BCUT2D eigenvalue weighted by molar-refractivity contribution is 0.461. The summed E-state index contributed by atoms with van der Waals surface area (Å²) in [5.74, 6) is 0.352. The normalized spacial score (nSPS) is 12.9. The zero-order chi connectivity index (χ0) is 13.2. The molecule has 0 aliphatic carbocycles. The van der Waals surface area contributed by atoms with Gasteiger partial charge in [0.1, 0.15) is 11.8 Å². The third-order valence-electron chi connectivity index (χ3n) is 2.96. The minimum atomic E-state index is -0.336. The van der Waals surface area contributed by atoms with Crippen LogP contribution >= 0.6 is 11.3 Å². The second-order valence-corrected chi connectivity index (χ2v) is 4.93. The maximum Gasteiger partial charge on any atom is 0.169 e. The molecule has 0 bridgehead atoms. The Bertz CT molecular complexity index is 678. The van der Waals surface area contributed by atoms with Crippen molar-refractivity contribution < 1.29 is 8.81 Å². The first-order valence-electron chi connectivity index (χ1n) is 6.09. The largest absolute Gasteiger partial charge is 0.456 e. The van der Waals surface area contributed by atoms with Gasteiger partial charge in [0.25, 0.3) is 0 Å². The van der Waals surface area contributed by atoms with E-state index in [2.05, 4.69) is 10.3 Å². The van der Waals surface area contributed by atoms with Crippen molar-refractivity contribution in [1.29, 1.82) is 0 Å². The number of hydrogen-bond acceptors (Lipinski definition) is 4. The Morgan fingerprint density at radius 2 is 2.37 bits per heavy atom. The van der Waals surface area contributed by atoms with Gasteiger partial charge in [-0.15, -0.1) is 11.3 Å². The first kappa shape index (κ1) is 12.3. The minimum absolute atomic E-state index is 0.136. The number of nitrogens with one attached hydrogen (secondary N) is 1. The van der Waals surface area contributed by atoms with Gasteiger partial charge < -0.3 is 9.73 Å². The zero-order valence-electron chi connectivity index (χ0n) is 10.4. The fraction of sp³-hybridized carbons (Fsp3) is 0.214. The highest BCUT2D eigenvalue weighted by molar-refractivity contribution is 7.07. The Balaban J connectivity index is 2.08. The lowest BCUT2D eigenvalue weighted by atomic mass is 10.1. The van der Waals surface area contributed by atoms with E-state index in [0.29, 0.717) is 11.3 Å². The molecule has 1 N–H and O–H groups in total. The number of fused-ring (bicyclic) bond motifs is 1. The highest BCUT2D eigenvalue weighted by Crippen LogP contribution is 2.29. The molecule has 1 unspecified atom stereocenters. The standard InChI is InChI=1S/C14H13FN2OS/c1-2-16-13(11-7-19-8-17-11)12-6-9-4-3-5-10(15)14(9)18-12/h3-8,13,16H,2H2,1H3. The molecule has 2 heterocycles. The molecule has 0 saturated heterocycles. The van der Waals surface area contributed by atoms with Gasteiger partial charge >= 0.3 is 0 Å². The van der Waals surface area contributed by atoms with E-state index < -0.39 is 0 Å². The summed E-state index contributed by atoms with van der Waals surface area (Å²) in [5.41, 5.74) is 2.98. The van der Waals surface area contributed by atoms with Crippen molar-refractivity contribution in [3.63, 3.8) is 0 Å². The van der Waals surface area contributed by atoms with Crippen LogP contribution in [0.5, 0.6) is 0 Å². The van der Waals surface area contributed by atoms with Crippen molar-refractivity contribution in [3.8, 4) is 0 Å². The number of nitrogens with zero attached hydrogens (tertiary/aromatic N) is 1. The topological polar surface area (TPSA) is 38.1 Å². The molecule has 1 aromatic carbocycles. The Morgan fingerprint density at radius 1 is 1.47 bits per heavy atom. The second kappa shape index (κ2) is 5.11. The molecule has 19 heavy (non-hydrogen) atoms. The van der Waals surface area contributed by atoms with Crippen LogP contribution < -0.4 is 5.32 Å². The molecule has 5 heteroatoms. The van der Waals surface area contributed by atoms with Gasteiger partial charge in [0.15, 0.2) is 11.4 Å². The quantitative estimate of drug-likeness (QED) is 0.789. The molecule has 0 saturated carbocycles. The predicted molar refractivity (Wildman–Crippen MR) is 73.8 cm³/mol. The Morgan fingerprint density at radius 3 is 3.05 bits per heavy atom. The Kier molecular flexibility index (Phi) is 3.31. The van der Waals surface area contributed by atoms with Gasteiger partial charge in [0, 0.05) is 10.8 Å². The van der Waals surface area contributed by atoms with Crippen molar-refractivity contribution in [2.75, 3.05) is 6.54 Å². The van der Waals surface area contributed by atoms with Crippen LogP contribution in [0.2, 0.25) is 0 Å². The molecule has 0 fully saturated rings. The summed E-state index contributed by atoms with van der Waals surface area (Å²) in [4.78, 5) is 4.31. The SMILES string of the molecule is CCNC(c1cscn1)c1cc2cccc(F)c2o1. The third kappa shape index (κ3) is 2.27. The maximum atomic E-state index is 13.7. The van der Waals surface area contributed by atoms with Crippen molar-refractivity contribution >= 4 is 22.3 Å². The number of rotatable bonds is 4. The van der Waals surface area contributed by atoms with Gasteiger partial charge in [-0.25, -0.2) is 9.37 Å². The molecule has 3 nitrogen and oxygen atoms in total. The van der Waals surface area contributed by atoms with Crippen molar-refractivity contribution in [1.82, 2.24) is 10.3 Å². The van der Waals surface area contributed by atoms with Crippen molar-refractivity contribution in [2.45, 2.75) is 13.0 Å². The zero-order valence-corrected chi connectivity index (χ0v) is 11.2. The van der Waals surface area contributed by atoms with Crippen LogP contribution in [0.3, 0.4) is 0 Å². The van der Waals surface area contributed by atoms with E-state index in [-0.39, 0.29) is 11.9 Å².